The zero-order valence-corrected chi connectivity index (χ0v) is 10.2. The monoisotopic (exact) mass is 250 g/mol. The highest BCUT2D eigenvalue weighted by Gasteiger charge is 2.37. The third kappa shape index (κ3) is 1.89. The number of thiophene rings is 1. The number of aromatic nitrogens is 2. The molecular weight excluding hydrogens is 236 g/mol. The SMILES string of the molecule is OCC1(COc2ncnc3ccsc23)CCC1. The molecule has 0 atom stereocenters. The van der Waals surface area contributed by atoms with Crippen molar-refractivity contribution in [2.45, 2.75) is 19.3 Å². The number of aliphatic hydroxyl groups excluding tert-OH is 1. The molecular formula is C12H14N2O2S. The highest BCUT2D eigenvalue weighted by atomic mass is 32.1. The molecule has 1 saturated carbocycles. The van der Waals surface area contributed by atoms with Crippen LogP contribution in [0.5, 0.6) is 5.88 Å². The number of hydrogen-bond donors (Lipinski definition) is 1. The van der Waals surface area contributed by atoms with Crippen molar-refractivity contribution in [1.82, 2.24) is 9.97 Å². The standard InChI is InChI=1S/C12H14N2O2S/c15-6-12(3-1-4-12)7-16-11-10-9(2-5-17-10)13-8-14-11/h2,5,8,15H,1,3-4,6-7H2. The molecule has 0 amide bonds. The highest BCUT2D eigenvalue weighted by molar-refractivity contribution is 7.17. The summed E-state index contributed by atoms with van der Waals surface area (Å²) in [5.74, 6) is 0.643. The van der Waals surface area contributed by atoms with Gasteiger partial charge in [0.25, 0.3) is 0 Å². The Balaban J connectivity index is 1.78. The topological polar surface area (TPSA) is 55.2 Å². The molecule has 0 saturated heterocycles. The van der Waals surface area contributed by atoms with Gasteiger partial charge in [-0.3, -0.25) is 0 Å². The molecule has 2 aromatic heterocycles. The van der Waals surface area contributed by atoms with Crippen LogP contribution in [0, 0.1) is 5.41 Å². The van der Waals surface area contributed by atoms with E-state index in [1.165, 1.54) is 12.7 Å². The summed E-state index contributed by atoms with van der Waals surface area (Å²) >= 11 is 1.59. The molecule has 1 N–H and O–H groups in total. The van der Waals surface area contributed by atoms with Gasteiger partial charge in [0.15, 0.2) is 0 Å². The summed E-state index contributed by atoms with van der Waals surface area (Å²) in [4.78, 5) is 8.34. The normalized spacial score (nSPS) is 17.9. The van der Waals surface area contributed by atoms with Crippen molar-refractivity contribution in [2.24, 2.45) is 5.41 Å². The number of fused-ring (bicyclic) bond motifs is 1. The smallest absolute Gasteiger partial charge is 0.234 e. The lowest BCUT2D eigenvalue weighted by molar-refractivity contribution is -0.000728. The molecule has 17 heavy (non-hydrogen) atoms. The minimum absolute atomic E-state index is 0.0332. The summed E-state index contributed by atoms with van der Waals surface area (Å²) < 4.78 is 6.76. The average molecular weight is 250 g/mol. The number of nitrogens with zero attached hydrogens (tertiary/aromatic N) is 2. The van der Waals surface area contributed by atoms with Crippen molar-refractivity contribution in [3.63, 3.8) is 0 Å². The van der Waals surface area contributed by atoms with Crippen LogP contribution in [0.15, 0.2) is 17.8 Å². The summed E-state index contributed by atoms with van der Waals surface area (Å²) in [5.41, 5.74) is 0.890. The maximum absolute atomic E-state index is 9.38. The molecule has 0 radical (unpaired) electrons. The van der Waals surface area contributed by atoms with Crippen LogP contribution in [0.3, 0.4) is 0 Å². The lowest BCUT2D eigenvalue weighted by Crippen LogP contribution is -2.39. The van der Waals surface area contributed by atoms with E-state index in [-0.39, 0.29) is 12.0 Å². The van der Waals surface area contributed by atoms with Crippen molar-refractivity contribution in [1.29, 1.82) is 0 Å². The molecule has 2 heterocycles. The third-order valence-corrected chi connectivity index (χ3v) is 4.37. The van der Waals surface area contributed by atoms with Gasteiger partial charge in [-0.1, -0.05) is 6.42 Å². The fourth-order valence-corrected chi connectivity index (χ4v) is 2.90. The van der Waals surface area contributed by atoms with Crippen LogP contribution in [0.1, 0.15) is 19.3 Å². The molecule has 1 fully saturated rings. The Hall–Kier alpha value is -1.20. The van der Waals surface area contributed by atoms with E-state index in [1.807, 2.05) is 11.4 Å². The molecule has 1 aliphatic rings. The first-order valence-electron chi connectivity index (χ1n) is 5.75. The van der Waals surface area contributed by atoms with Gasteiger partial charge in [0.2, 0.25) is 5.88 Å². The predicted octanol–water partition coefficient (Wildman–Crippen LogP) is 2.23. The van der Waals surface area contributed by atoms with Gasteiger partial charge in [0.05, 0.1) is 18.7 Å². The Morgan fingerprint density at radius 2 is 2.29 bits per heavy atom. The summed E-state index contributed by atoms with van der Waals surface area (Å²) in [7, 11) is 0. The Morgan fingerprint density at radius 1 is 1.41 bits per heavy atom. The number of aliphatic hydroxyl groups is 1. The van der Waals surface area contributed by atoms with E-state index in [9.17, 15) is 5.11 Å². The first-order chi connectivity index (χ1) is 8.33. The lowest BCUT2D eigenvalue weighted by atomic mass is 9.70. The Morgan fingerprint density at radius 3 is 3.00 bits per heavy atom. The van der Waals surface area contributed by atoms with Crippen LogP contribution >= 0.6 is 11.3 Å². The van der Waals surface area contributed by atoms with Gasteiger partial charge < -0.3 is 9.84 Å². The molecule has 90 valence electrons. The third-order valence-electron chi connectivity index (χ3n) is 3.48. The molecule has 4 nitrogen and oxygen atoms in total. The fraction of sp³-hybridized carbons (Fsp3) is 0.500. The minimum Gasteiger partial charge on any atom is -0.476 e. The molecule has 2 aromatic rings. The summed E-state index contributed by atoms with van der Waals surface area (Å²) in [5, 5.41) is 11.4. The van der Waals surface area contributed by atoms with Gasteiger partial charge >= 0.3 is 0 Å². The number of rotatable bonds is 4. The first-order valence-corrected chi connectivity index (χ1v) is 6.63. The zero-order chi connectivity index (χ0) is 11.7. The van der Waals surface area contributed by atoms with Crippen molar-refractivity contribution in [2.75, 3.05) is 13.2 Å². The van der Waals surface area contributed by atoms with Gasteiger partial charge in [-0.15, -0.1) is 11.3 Å². The molecule has 3 rings (SSSR count). The molecule has 1 aliphatic carbocycles. The zero-order valence-electron chi connectivity index (χ0n) is 9.43. The van der Waals surface area contributed by atoms with Crippen molar-refractivity contribution in [3.05, 3.63) is 17.8 Å². The van der Waals surface area contributed by atoms with Gasteiger partial charge in [-0.05, 0) is 24.3 Å². The van der Waals surface area contributed by atoms with E-state index in [0.29, 0.717) is 12.5 Å². The van der Waals surface area contributed by atoms with E-state index in [2.05, 4.69) is 9.97 Å². The predicted molar refractivity (Wildman–Crippen MR) is 66.3 cm³/mol. The molecule has 0 spiro atoms. The molecule has 0 bridgehead atoms. The second-order valence-electron chi connectivity index (χ2n) is 4.61. The van der Waals surface area contributed by atoms with Crippen LogP contribution in [-0.2, 0) is 0 Å². The summed E-state index contributed by atoms with van der Waals surface area (Å²) in [6.45, 7) is 0.749. The molecule has 5 heteroatoms. The van der Waals surface area contributed by atoms with E-state index in [4.69, 9.17) is 4.74 Å². The first kappa shape index (κ1) is 10.9. The summed E-state index contributed by atoms with van der Waals surface area (Å²) in [6, 6.07) is 1.96. The second kappa shape index (κ2) is 4.23. The van der Waals surface area contributed by atoms with Crippen molar-refractivity contribution >= 4 is 21.6 Å². The Labute approximate surface area is 103 Å². The van der Waals surface area contributed by atoms with Crippen molar-refractivity contribution in [3.8, 4) is 5.88 Å². The van der Waals surface area contributed by atoms with E-state index in [1.54, 1.807) is 11.3 Å². The second-order valence-corrected chi connectivity index (χ2v) is 5.53. The Bertz CT molecular complexity index is 516. The molecule has 0 unspecified atom stereocenters. The van der Waals surface area contributed by atoms with Crippen LogP contribution < -0.4 is 4.74 Å². The average Bonchev–Trinajstić information content (AvgIpc) is 2.77. The van der Waals surface area contributed by atoms with Gasteiger partial charge in [-0.25, -0.2) is 9.97 Å². The quantitative estimate of drug-likeness (QED) is 0.904. The number of ether oxygens (including phenoxy) is 1. The van der Waals surface area contributed by atoms with E-state index < -0.39 is 0 Å². The lowest BCUT2D eigenvalue weighted by Gasteiger charge is -2.39. The largest absolute Gasteiger partial charge is 0.476 e. The van der Waals surface area contributed by atoms with Crippen LogP contribution in [0.2, 0.25) is 0 Å². The minimum atomic E-state index is -0.0332. The highest BCUT2D eigenvalue weighted by Crippen LogP contribution is 2.41. The van der Waals surface area contributed by atoms with Crippen LogP contribution in [0.4, 0.5) is 0 Å². The Kier molecular flexibility index (Phi) is 2.72. The van der Waals surface area contributed by atoms with E-state index in [0.717, 1.165) is 23.1 Å². The maximum Gasteiger partial charge on any atom is 0.234 e. The number of hydrogen-bond acceptors (Lipinski definition) is 5. The van der Waals surface area contributed by atoms with E-state index >= 15 is 0 Å². The van der Waals surface area contributed by atoms with Crippen LogP contribution in [-0.4, -0.2) is 28.3 Å². The molecule has 0 aliphatic heterocycles. The van der Waals surface area contributed by atoms with Crippen molar-refractivity contribution < 1.29 is 9.84 Å². The van der Waals surface area contributed by atoms with Crippen LogP contribution in [0.25, 0.3) is 10.2 Å². The molecule has 0 aromatic carbocycles. The fourth-order valence-electron chi connectivity index (χ4n) is 2.12. The summed E-state index contributed by atoms with van der Waals surface area (Å²) in [6.07, 6.45) is 4.79. The maximum atomic E-state index is 9.38. The van der Waals surface area contributed by atoms with Gasteiger partial charge in [0.1, 0.15) is 11.0 Å². The van der Waals surface area contributed by atoms with Gasteiger partial charge in [0, 0.05) is 5.41 Å². The van der Waals surface area contributed by atoms with Gasteiger partial charge in [-0.2, -0.15) is 0 Å².